The molecule has 0 unspecified atom stereocenters. The summed E-state index contributed by atoms with van der Waals surface area (Å²) in [6.07, 6.45) is 5.51. The van der Waals surface area contributed by atoms with Crippen LogP contribution in [0.4, 0.5) is 0 Å². The summed E-state index contributed by atoms with van der Waals surface area (Å²) in [4.78, 5) is 23.8. The first-order chi connectivity index (χ1) is 16.7. The second kappa shape index (κ2) is 9.44. The lowest BCUT2D eigenvalue weighted by atomic mass is 10.0. The molecule has 4 aromatic rings. The average Bonchev–Trinajstić information content (AvgIpc) is 3.49. The highest BCUT2D eigenvalue weighted by atomic mass is 32.1. The summed E-state index contributed by atoms with van der Waals surface area (Å²) in [6, 6.07) is 22.8. The summed E-state index contributed by atoms with van der Waals surface area (Å²) in [5, 5.41) is 4.09. The van der Waals surface area contributed by atoms with Crippen LogP contribution < -0.4 is 5.32 Å². The van der Waals surface area contributed by atoms with Crippen LogP contribution in [0.2, 0.25) is 0 Å². The quantitative estimate of drug-likeness (QED) is 0.335. The van der Waals surface area contributed by atoms with Gasteiger partial charge in [0.15, 0.2) is 5.11 Å². The average molecular weight is 470 g/mol. The first kappa shape index (κ1) is 21.8. The van der Waals surface area contributed by atoms with Gasteiger partial charge in [-0.3, -0.25) is 9.97 Å². The summed E-state index contributed by atoms with van der Waals surface area (Å²) >= 11 is 5.79. The van der Waals surface area contributed by atoms with Crippen molar-refractivity contribution in [1.29, 1.82) is 0 Å². The van der Waals surface area contributed by atoms with Crippen LogP contribution in [-0.2, 0) is 11.3 Å². The SMILES string of the molecule is COC(=O)c1ccccc1-n1cccc1[C@H]1[C@@H](c2ccccn2)NC(=S)N1Cc1ccccn1. The summed E-state index contributed by atoms with van der Waals surface area (Å²) < 4.78 is 7.06. The van der Waals surface area contributed by atoms with E-state index in [1.54, 1.807) is 18.5 Å². The molecule has 1 fully saturated rings. The Balaban J connectivity index is 1.63. The van der Waals surface area contributed by atoms with Gasteiger partial charge in [-0.1, -0.05) is 24.3 Å². The topological polar surface area (TPSA) is 72.3 Å². The molecule has 0 saturated carbocycles. The zero-order valence-corrected chi connectivity index (χ0v) is 19.4. The number of hydrogen-bond donors (Lipinski definition) is 1. The van der Waals surface area contributed by atoms with E-state index < -0.39 is 0 Å². The van der Waals surface area contributed by atoms with Crippen molar-refractivity contribution in [2.75, 3.05) is 7.11 Å². The van der Waals surface area contributed by atoms with Crippen molar-refractivity contribution in [2.24, 2.45) is 0 Å². The van der Waals surface area contributed by atoms with Crippen LogP contribution in [0.15, 0.2) is 91.4 Å². The molecular formula is C26H23N5O2S. The predicted octanol–water partition coefficient (Wildman–Crippen LogP) is 4.23. The Morgan fingerprint density at radius 1 is 1.00 bits per heavy atom. The molecule has 3 aromatic heterocycles. The van der Waals surface area contributed by atoms with Gasteiger partial charge in [0.1, 0.15) is 0 Å². The van der Waals surface area contributed by atoms with E-state index in [2.05, 4.69) is 26.3 Å². The van der Waals surface area contributed by atoms with Crippen LogP contribution in [0.5, 0.6) is 0 Å². The Kier molecular flexibility index (Phi) is 6.05. The van der Waals surface area contributed by atoms with Crippen molar-refractivity contribution < 1.29 is 9.53 Å². The fraction of sp³-hybridized carbons (Fsp3) is 0.154. The van der Waals surface area contributed by atoms with Gasteiger partial charge in [0.2, 0.25) is 0 Å². The lowest BCUT2D eigenvalue weighted by Crippen LogP contribution is -2.30. The van der Waals surface area contributed by atoms with Gasteiger partial charge in [-0.15, -0.1) is 0 Å². The van der Waals surface area contributed by atoms with Crippen LogP contribution in [0.1, 0.15) is 39.5 Å². The van der Waals surface area contributed by atoms with E-state index in [0.717, 1.165) is 22.8 Å². The third-order valence-corrected chi connectivity index (χ3v) is 6.26. The molecule has 0 aliphatic carbocycles. The van der Waals surface area contributed by atoms with Crippen LogP contribution in [0.25, 0.3) is 5.69 Å². The summed E-state index contributed by atoms with van der Waals surface area (Å²) in [5.41, 5.74) is 3.99. The number of para-hydroxylation sites is 1. The van der Waals surface area contributed by atoms with Crippen LogP contribution in [0, 0.1) is 0 Å². The first-order valence-corrected chi connectivity index (χ1v) is 11.3. The maximum Gasteiger partial charge on any atom is 0.339 e. The van der Waals surface area contributed by atoms with Gasteiger partial charge < -0.3 is 19.5 Å². The normalized spacial score (nSPS) is 17.4. The smallest absolute Gasteiger partial charge is 0.339 e. The number of aromatic nitrogens is 3. The second-order valence-electron chi connectivity index (χ2n) is 7.89. The molecule has 4 heterocycles. The molecule has 1 aliphatic heterocycles. The molecule has 0 amide bonds. The van der Waals surface area contributed by atoms with E-state index in [1.807, 2.05) is 71.4 Å². The van der Waals surface area contributed by atoms with Crippen molar-refractivity contribution >= 4 is 23.3 Å². The van der Waals surface area contributed by atoms with Gasteiger partial charge in [-0.25, -0.2) is 4.79 Å². The van der Waals surface area contributed by atoms with E-state index in [-0.39, 0.29) is 18.1 Å². The predicted molar refractivity (Wildman–Crippen MR) is 132 cm³/mol. The fourth-order valence-electron chi connectivity index (χ4n) is 4.38. The molecule has 0 bridgehead atoms. The maximum atomic E-state index is 12.5. The molecular weight excluding hydrogens is 446 g/mol. The molecule has 8 heteroatoms. The third-order valence-electron chi connectivity index (χ3n) is 5.91. The van der Waals surface area contributed by atoms with E-state index in [1.165, 1.54) is 7.11 Å². The summed E-state index contributed by atoms with van der Waals surface area (Å²) in [6.45, 7) is 0.532. The van der Waals surface area contributed by atoms with Gasteiger partial charge in [0.05, 0.1) is 48.4 Å². The molecule has 0 spiro atoms. The Labute approximate surface area is 203 Å². The molecule has 1 aromatic carbocycles. The van der Waals surface area contributed by atoms with Gasteiger partial charge in [0, 0.05) is 24.3 Å². The van der Waals surface area contributed by atoms with E-state index in [0.29, 0.717) is 17.2 Å². The Morgan fingerprint density at radius 2 is 1.76 bits per heavy atom. The van der Waals surface area contributed by atoms with Crippen molar-refractivity contribution in [3.05, 3.63) is 114 Å². The lowest BCUT2D eigenvalue weighted by molar-refractivity contribution is 0.0600. The number of carbonyl (C=O) groups is 1. The Morgan fingerprint density at radius 3 is 2.50 bits per heavy atom. The molecule has 0 radical (unpaired) electrons. The molecule has 5 rings (SSSR count). The van der Waals surface area contributed by atoms with Crippen LogP contribution >= 0.6 is 12.2 Å². The monoisotopic (exact) mass is 469 g/mol. The summed E-state index contributed by atoms with van der Waals surface area (Å²) in [5.74, 6) is -0.387. The van der Waals surface area contributed by atoms with E-state index in [9.17, 15) is 4.79 Å². The largest absolute Gasteiger partial charge is 0.465 e. The molecule has 1 aliphatic rings. The number of esters is 1. The number of pyridine rings is 2. The number of nitrogens with one attached hydrogen (secondary N) is 1. The van der Waals surface area contributed by atoms with E-state index >= 15 is 0 Å². The molecule has 2 atom stereocenters. The number of rotatable bonds is 6. The first-order valence-electron chi connectivity index (χ1n) is 10.9. The number of nitrogens with zero attached hydrogens (tertiary/aromatic N) is 4. The van der Waals surface area contributed by atoms with Gasteiger partial charge in [0.25, 0.3) is 0 Å². The number of methoxy groups -OCH3 is 1. The number of hydrogen-bond acceptors (Lipinski definition) is 5. The second-order valence-corrected chi connectivity index (χ2v) is 8.27. The minimum Gasteiger partial charge on any atom is -0.465 e. The van der Waals surface area contributed by atoms with Gasteiger partial charge in [-0.05, 0) is 60.7 Å². The number of carbonyl (C=O) groups excluding carboxylic acids is 1. The highest BCUT2D eigenvalue weighted by molar-refractivity contribution is 7.80. The fourth-order valence-corrected chi connectivity index (χ4v) is 4.69. The minimum absolute atomic E-state index is 0.184. The highest BCUT2D eigenvalue weighted by Crippen LogP contribution is 2.40. The molecule has 1 saturated heterocycles. The third kappa shape index (κ3) is 4.04. The standard InChI is InChI=1S/C26H23N5O2S/c1-33-25(32)19-10-2-3-12-21(19)30-16-8-13-22(30)24-23(20-11-5-7-15-28-20)29-26(34)31(24)17-18-9-4-6-14-27-18/h2-16,23-24H,17H2,1H3,(H,29,34)/t23-,24+/m1/s1. The number of ether oxygens (including phenoxy) is 1. The van der Waals surface area contributed by atoms with E-state index in [4.69, 9.17) is 17.0 Å². The molecule has 1 N–H and O–H groups in total. The van der Waals surface area contributed by atoms with Gasteiger partial charge >= 0.3 is 5.97 Å². The number of thiocarbonyl (C=S) groups is 1. The van der Waals surface area contributed by atoms with Crippen molar-refractivity contribution in [3.8, 4) is 5.69 Å². The minimum atomic E-state index is -0.387. The molecule has 7 nitrogen and oxygen atoms in total. The molecule has 34 heavy (non-hydrogen) atoms. The molecule has 170 valence electrons. The lowest BCUT2D eigenvalue weighted by Gasteiger charge is -2.29. The summed E-state index contributed by atoms with van der Waals surface area (Å²) in [7, 11) is 1.39. The van der Waals surface area contributed by atoms with Gasteiger partial charge in [-0.2, -0.15) is 0 Å². The number of benzene rings is 1. The van der Waals surface area contributed by atoms with Crippen molar-refractivity contribution in [3.63, 3.8) is 0 Å². The van der Waals surface area contributed by atoms with Crippen molar-refractivity contribution in [2.45, 2.75) is 18.6 Å². The Hall–Kier alpha value is -4.04. The maximum absolute atomic E-state index is 12.5. The van der Waals surface area contributed by atoms with Crippen LogP contribution in [0.3, 0.4) is 0 Å². The zero-order valence-electron chi connectivity index (χ0n) is 18.5. The van der Waals surface area contributed by atoms with Crippen LogP contribution in [-0.4, -0.2) is 37.6 Å². The zero-order chi connectivity index (χ0) is 23.5. The Bertz CT molecular complexity index is 1310. The highest BCUT2D eigenvalue weighted by Gasteiger charge is 2.41. The van der Waals surface area contributed by atoms with Crippen molar-refractivity contribution in [1.82, 2.24) is 24.8 Å².